The molecule has 2 aromatic rings. The Labute approximate surface area is 238 Å². The van der Waals surface area contributed by atoms with Crippen LogP contribution in [0.4, 0.5) is 0 Å². The van der Waals surface area contributed by atoms with E-state index >= 15 is 0 Å². The molecule has 10 nitrogen and oxygen atoms in total. The molecule has 3 rings (SSSR count). The minimum Gasteiger partial charge on any atom is -0.480 e. The largest absolute Gasteiger partial charge is 0.480 e. The summed E-state index contributed by atoms with van der Waals surface area (Å²) in [5, 5.41) is 15.3. The van der Waals surface area contributed by atoms with E-state index in [-0.39, 0.29) is 11.7 Å². The predicted molar refractivity (Wildman–Crippen MR) is 159 cm³/mol. The number of carboxylic acids is 1. The third kappa shape index (κ3) is 9.65. The fourth-order valence-electron chi connectivity index (χ4n) is 4.05. The quantitative estimate of drug-likeness (QED) is 0.304. The van der Waals surface area contributed by atoms with Crippen molar-refractivity contribution >= 4 is 45.6 Å². The van der Waals surface area contributed by atoms with Crippen molar-refractivity contribution in [2.75, 3.05) is 12.3 Å². The molecule has 1 aliphatic rings. The number of nitrogens with one attached hydrogen (secondary N) is 3. The SMILES string of the molecule is C=CCS(=O)NC(C(=O)NC(C)C(=O)N1CCCC(C(=O)O)N1)C(C)C.C=Cc1cc2cc(CC)ccc2cn1. The van der Waals surface area contributed by atoms with E-state index in [0.717, 1.165) is 12.1 Å². The summed E-state index contributed by atoms with van der Waals surface area (Å²) in [6.07, 6.45) is 7.23. The number of amides is 2. The number of aryl methyl sites for hydroxylation is 1. The number of aromatic nitrogens is 1. The summed E-state index contributed by atoms with van der Waals surface area (Å²) in [5.74, 6) is -1.81. The maximum absolute atomic E-state index is 12.5. The number of hydrogen-bond acceptors (Lipinski definition) is 6. The molecule has 4 N–H and O–H groups in total. The van der Waals surface area contributed by atoms with Crippen molar-refractivity contribution in [3.8, 4) is 0 Å². The van der Waals surface area contributed by atoms with E-state index in [9.17, 15) is 18.6 Å². The van der Waals surface area contributed by atoms with Crippen LogP contribution in [0.3, 0.4) is 0 Å². The van der Waals surface area contributed by atoms with Crippen molar-refractivity contribution < 1.29 is 23.7 Å². The molecule has 2 heterocycles. The molecule has 0 aliphatic carbocycles. The van der Waals surface area contributed by atoms with Crippen molar-refractivity contribution in [3.63, 3.8) is 0 Å². The van der Waals surface area contributed by atoms with Crippen LogP contribution >= 0.6 is 0 Å². The van der Waals surface area contributed by atoms with E-state index in [4.69, 9.17) is 5.11 Å². The van der Waals surface area contributed by atoms with Crippen LogP contribution < -0.4 is 15.5 Å². The lowest BCUT2D eigenvalue weighted by Gasteiger charge is -2.34. The second kappa shape index (κ2) is 16.0. The van der Waals surface area contributed by atoms with Gasteiger partial charge in [0.1, 0.15) is 18.1 Å². The summed E-state index contributed by atoms with van der Waals surface area (Å²) < 4.78 is 14.6. The first-order valence-electron chi connectivity index (χ1n) is 13.4. The van der Waals surface area contributed by atoms with E-state index in [0.29, 0.717) is 19.4 Å². The number of carbonyl (C=O) groups is 3. The minimum atomic E-state index is -1.43. The van der Waals surface area contributed by atoms with Crippen LogP contribution in [-0.4, -0.2) is 67.5 Å². The van der Waals surface area contributed by atoms with Gasteiger partial charge in [-0.05, 0) is 55.2 Å². The van der Waals surface area contributed by atoms with Gasteiger partial charge in [-0.1, -0.05) is 51.6 Å². The number of hydrazine groups is 1. The van der Waals surface area contributed by atoms with Gasteiger partial charge in [0, 0.05) is 18.1 Å². The number of carboxylic acid groups (broad SMARTS) is 1. The zero-order valence-corrected chi connectivity index (χ0v) is 24.5. The summed E-state index contributed by atoms with van der Waals surface area (Å²) in [6, 6.07) is 6.16. The van der Waals surface area contributed by atoms with Gasteiger partial charge in [0.05, 0.1) is 22.4 Å². The highest BCUT2D eigenvalue weighted by Gasteiger charge is 2.32. The molecule has 1 aromatic heterocycles. The Morgan fingerprint density at radius 1 is 1.23 bits per heavy atom. The minimum absolute atomic E-state index is 0.143. The Balaban J connectivity index is 0.000000333. The molecule has 0 saturated carbocycles. The van der Waals surface area contributed by atoms with E-state index in [1.807, 2.05) is 6.20 Å². The number of carbonyl (C=O) groups excluding carboxylic acids is 2. The van der Waals surface area contributed by atoms with Gasteiger partial charge >= 0.3 is 5.97 Å². The predicted octanol–water partition coefficient (Wildman–Crippen LogP) is 2.98. The molecule has 4 atom stereocenters. The van der Waals surface area contributed by atoms with Gasteiger partial charge in [-0.2, -0.15) is 0 Å². The topological polar surface area (TPSA) is 141 Å². The normalized spacial score (nSPS) is 17.2. The Bertz CT molecular complexity index is 1230. The van der Waals surface area contributed by atoms with Crippen molar-refractivity contribution in [2.45, 2.75) is 65.1 Å². The van der Waals surface area contributed by atoms with E-state index in [2.05, 4.69) is 64.8 Å². The number of benzene rings is 1. The molecule has 40 heavy (non-hydrogen) atoms. The average Bonchev–Trinajstić information content (AvgIpc) is 2.95. The molecule has 11 heteroatoms. The Morgan fingerprint density at radius 2 is 1.95 bits per heavy atom. The second-order valence-electron chi connectivity index (χ2n) is 9.87. The highest BCUT2D eigenvalue weighted by Crippen LogP contribution is 2.17. The van der Waals surface area contributed by atoms with Gasteiger partial charge in [-0.25, -0.2) is 14.4 Å². The number of hydrogen-bond donors (Lipinski definition) is 4. The molecule has 4 unspecified atom stereocenters. The monoisotopic (exact) mass is 571 g/mol. The van der Waals surface area contributed by atoms with Gasteiger partial charge in [0.2, 0.25) is 5.91 Å². The molecule has 1 fully saturated rings. The van der Waals surface area contributed by atoms with Crippen LogP contribution in [0.25, 0.3) is 16.8 Å². The van der Waals surface area contributed by atoms with Crippen molar-refractivity contribution in [3.05, 3.63) is 61.0 Å². The lowest BCUT2D eigenvalue weighted by molar-refractivity contribution is -0.148. The number of rotatable bonds is 11. The van der Waals surface area contributed by atoms with Gasteiger partial charge in [-0.15, -0.1) is 6.58 Å². The molecule has 0 bridgehead atoms. The molecule has 0 spiro atoms. The second-order valence-corrected chi connectivity index (χ2v) is 11.1. The molecule has 1 aliphatic heterocycles. The summed E-state index contributed by atoms with van der Waals surface area (Å²) in [4.78, 5) is 40.3. The van der Waals surface area contributed by atoms with Crippen molar-refractivity contribution in [1.29, 1.82) is 0 Å². The highest BCUT2D eigenvalue weighted by atomic mass is 32.2. The van der Waals surface area contributed by atoms with E-state index in [1.165, 1.54) is 34.3 Å². The molecule has 1 aromatic carbocycles. The summed E-state index contributed by atoms with van der Waals surface area (Å²) in [6.45, 7) is 14.9. The van der Waals surface area contributed by atoms with Crippen LogP contribution in [0.15, 0.2) is 49.7 Å². The third-order valence-electron chi connectivity index (χ3n) is 6.38. The Hall–Kier alpha value is -3.41. The first kappa shape index (κ1) is 32.8. The first-order chi connectivity index (χ1) is 19.0. The lowest BCUT2D eigenvalue weighted by Crippen LogP contribution is -2.60. The molecule has 218 valence electrons. The Morgan fingerprint density at radius 3 is 2.55 bits per heavy atom. The smallest absolute Gasteiger partial charge is 0.322 e. The van der Waals surface area contributed by atoms with Crippen LogP contribution in [0.2, 0.25) is 0 Å². The maximum Gasteiger partial charge on any atom is 0.322 e. The zero-order valence-electron chi connectivity index (χ0n) is 23.7. The molecule has 2 amide bonds. The third-order valence-corrected chi connectivity index (χ3v) is 7.44. The van der Waals surface area contributed by atoms with Crippen molar-refractivity contribution in [2.24, 2.45) is 5.92 Å². The molecule has 1 saturated heterocycles. The molecule has 0 radical (unpaired) electrons. The fourth-order valence-corrected chi connectivity index (χ4v) is 5.02. The maximum atomic E-state index is 12.5. The summed E-state index contributed by atoms with van der Waals surface area (Å²) in [7, 11) is -1.43. The summed E-state index contributed by atoms with van der Waals surface area (Å²) in [5.41, 5.74) is 4.96. The average molecular weight is 572 g/mol. The van der Waals surface area contributed by atoms with Crippen LogP contribution in [0.5, 0.6) is 0 Å². The molecular formula is C29H41N5O5S. The Kier molecular flexibility index (Phi) is 13.1. The lowest BCUT2D eigenvalue weighted by atomic mass is 10.0. The number of nitrogens with zero attached hydrogens (tertiary/aromatic N) is 2. The van der Waals surface area contributed by atoms with Gasteiger partial charge in [0.15, 0.2) is 0 Å². The van der Waals surface area contributed by atoms with E-state index < -0.39 is 46.9 Å². The van der Waals surface area contributed by atoms with Crippen LogP contribution in [-0.2, 0) is 31.8 Å². The number of aliphatic carboxylic acids is 1. The summed E-state index contributed by atoms with van der Waals surface area (Å²) >= 11 is 0. The molecular weight excluding hydrogens is 530 g/mol. The highest BCUT2D eigenvalue weighted by molar-refractivity contribution is 7.83. The van der Waals surface area contributed by atoms with Crippen LogP contribution in [0.1, 0.15) is 51.8 Å². The zero-order chi connectivity index (χ0) is 29.8. The van der Waals surface area contributed by atoms with Crippen LogP contribution in [0, 0.1) is 5.92 Å². The first-order valence-corrected chi connectivity index (χ1v) is 14.7. The van der Waals surface area contributed by atoms with Gasteiger partial charge in [0.25, 0.3) is 5.91 Å². The standard InChI is InChI=1S/C16H28N4O5S.C13H13N/c1-5-9-26(25)19-13(10(2)3)14(21)17-11(4)15(22)20-8-6-7-12(18-20)16(23)24;1-3-10-5-6-11-9-14-13(4-2)8-12(11)7-10/h5,10-13,18-19H,1,6-9H2,2-4H3,(H,17,21)(H,23,24);4-9H,2-3H2,1H3. The van der Waals surface area contributed by atoms with Gasteiger partial charge < -0.3 is 10.4 Å². The van der Waals surface area contributed by atoms with Gasteiger partial charge in [-0.3, -0.25) is 24.4 Å². The number of pyridine rings is 1. The van der Waals surface area contributed by atoms with Crippen molar-refractivity contribution in [1.82, 2.24) is 25.5 Å². The number of fused-ring (bicyclic) bond motifs is 1. The van der Waals surface area contributed by atoms with E-state index in [1.54, 1.807) is 19.9 Å². The fraction of sp³-hybridized carbons (Fsp3) is 0.448.